The predicted octanol–water partition coefficient (Wildman–Crippen LogP) is -14.9. The van der Waals surface area contributed by atoms with Gasteiger partial charge < -0.3 is 96.7 Å². The van der Waals surface area contributed by atoms with Crippen molar-refractivity contribution in [2.75, 3.05) is 0 Å². The second kappa shape index (κ2) is 263. The molecule has 0 rings (SSSR count). The molecule has 0 aromatic heterocycles. The first-order valence-corrected chi connectivity index (χ1v) is 2.00. The van der Waals surface area contributed by atoms with Gasteiger partial charge in [0.05, 0.1) is 0 Å². The van der Waals surface area contributed by atoms with Crippen molar-refractivity contribution in [2.24, 2.45) is 0 Å². The van der Waals surface area contributed by atoms with Crippen LogP contribution in [0.4, 0.5) is 0 Å². The standard InChI is InChI=1S/Be.H2O4S.16H2O/c;1-5(2,3)4;;;;;;;;;;;;;;;;/h;(H2,1,2,3,4);16*1H2/q+2;;;;;;;;;;;;;;;;;/p-2. The van der Waals surface area contributed by atoms with Crippen LogP contribution in [0.2, 0.25) is 0 Å². The van der Waals surface area contributed by atoms with E-state index in [-0.39, 0.29) is 97.7 Å². The molecule has 20 nitrogen and oxygen atoms in total. The molecule has 0 radical (unpaired) electrons. The normalized spacial score (nSPS) is 2.64. The molecule has 22 heavy (non-hydrogen) atoms. The maximum Gasteiger partial charge on any atom is 2.00 e. The molecule has 0 aromatic rings. The Balaban J connectivity index is -0.000000000588. The number of hydrogen-bond acceptors (Lipinski definition) is 4. The van der Waals surface area contributed by atoms with Crippen molar-refractivity contribution in [1.29, 1.82) is 0 Å². The van der Waals surface area contributed by atoms with E-state index in [4.69, 9.17) is 17.5 Å². The molecular formula is H32BeO20S. The van der Waals surface area contributed by atoms with E-state index in [0.717, 1.165) is 0 Å². The van der Waals surface area contributed by atoms with Gasteiger partial charge in [-0.2, -0.15) is 0 Å². The van der Waals surface area contributed by atoms with Crippen molar-refractivity contribution in [1.82, 2.24) is 0 Å². The molecule has 22 heteroatoms. The second-order valence-corrected chi connectivity index (χ2v) is 1.22. The van der Waals surface area contributed by atoms with Crippen LogP contribution in [0.15, 0.2) is 0 Å². The number of hydrogen-bond donors (Lipinski definition) is 0. The third-order valence-corrected chi connectivity index (χ3v) is 0. The molecule has 0 amide bonds. The van der Waals surface area contributed by atoms with E-state index in [1.165, 1.54) is 0 Å². The fourth-order valence-electron chi connectivity index (χ4n) is 0. The topological polar surface area (TPSA) is 584 Å². The molecule has 0 aromatic carbocycles. The number of rotatable bonds is 0. The summed E-state index contributed by atoms with van der Waals surface area (Å²) in [6, 6.07) is 0. The van der Waals surface area contributed by atoms with Crippen molar-refractivity contribution in [3.05, 3.63) is 0 Å². The van der Waals surface area contributed by atoms with Crippen LogP contribution in [-0.4, -0.2) is 115 Å². The Hall–Kier alpha value is -0.601. The smallest absolute Gasteiger partial charge is 0.759 e. The van der Waals surface area contributed by atoms with Crippen molar-refractivity contribution >= 4 is 20.5 Å². The average Bonchev–Trinajstić information content (AvgIpc) is 0.722. The summed E-state index contributed by atoms with van der Waals surface area (Å²) in [7, 11) is -5.17. The van der Waals surface area contributed by atoms with Crippen LogP contribution in [-0.2, 0) is 10.4 Å². The van der Waals surface area contributed by atoms with E-state index in [9.17, 15) is 0 Å². The van der Waals surface area contributed by atoms with Crippen molar-refractivity contribution < 1.29 is 105 Å². The van der Waals surface area contributed by atoms with Gasteiger partial charge in [-0.3, -0.25) is 8.42 Å². The molecule has 0 spiro atoms. The maximum atomic E-state index is 8.52. The predicted molar refractivity (Wildman–Crippen MR) is 74.0 cm³/mol. The summed E-state index contributed by atoms with van der Waals surface area (Å²) in [5, 5.41) is 0. The van der Waals surface area contributed by atoms with Crippen molar-refractivity contribution in [3.63, 3.8) is 0 Å². The minimum Gasteiger partial charge on any atom is -0.759 e. The molecule has 0 fully saturated rings. The molecular weight excluding hydrogens is 361 g/mol. The fraction of sp³-hybridized carbons (Fsp3) is 0. The molecule has 32 N–H and O–H groups in total. The van der Waals surface area contributed by atoms with Gasteiger partial charge in [0.15, 0.2) is 0 Å². The fourth-order valence-corrected chi connectivity index (χ4v) is 0. The Morgan fingerprint density at radius 2 is 0.364 bits per heavy atom. The summed E-state index contributed by atoms with van der Waals surface area (Å²) in [6.45, 7) is 0. The minimum atomic E-state index is -5.17. The maximum absolute atomic E-state index is 8.52. The van der Waals surface area contributed by atoms with E-state index in [0.29, 0.717) is 0 Å². The molecule has 0 aliphatic heterocycles. The van der Waals surface area contributed by atoms with Crippen LogP contribution < -0.4 is 0 Å². The third kappa shape index (κ3) is 18200. The van der Waals surface area contributed by atoms with Gasteiger partial charge in [-0.25, -0.2) is 0 Å². The Kier molecular flexibility index (Phi) is 9230. The van der Waals surface area contributed by atoms with Gasteiger partial charge in [0, 0.05) is 10.4 Å². The summed E-state index contributed by atoms with van der Waals surface area (Å²) in [5.41, 5.74) is 0. The van der Waals surface area contributed by atoms with E-state index in [1.807, 2.05) is 0 Å². The van der Waals surface area contributed by atoms with E-state index < -0.39 is 10.4 Å². The van der Waals surface area contributed by atoms with Gasteiger partial charge in [0.1, 0.15) is 0 Å². The van der Waals surface area contributed by atoms with Crippen molar-refractivity contribution in [3.8, 4) is 0 Å². The first-order chi connectivity index (χ1) is 2.00. The summed E-state index contributed by atoms with van der Waals surface area (Å²) < 4.78 is 34.1. The van der Waals surface area contributed by atoms with Gasteiger partial charge in [-0.1, -0.05) is 0 Å². The molecule has 0 saturated carbocycles. The van der Waals surface area contributed by atoms with Crippen molar-refractivity contribution in [2.45, 2.75) is 0 Å². The summed E-state index contributed by atoms with van der Waals surface area (Å²) in [6.07, 6.45) is 0. The molecule has 160 valence electrons. The molecule has 0 unspecified atom stereocenters. The molecule has 0 bridgehead atoms. The summed E-state index contributed by atoms with van der Waals surface area (Å²) in [4.78, 5) is 0. The Morgan fingerprint density at radius 3 is 0.364 bits per heavy atom. The van der Waals surface area contributed by atoms with E-state index >= 15 is 0 Å². The molecule has 0 saturated heterocycles. The molecule has 0 aliphatic carbocycles. The van der Waals surface area contributed by atoms with E-state index in [2.05, 4.69) is 0 Å². The Labute approximate surface area is 127 Å². The first kappa shape index (κ1) is 771. The first-order valence-electron chi connectivity index (χ1n) is 0.667. The monoisotopic (exact) mass is 393 g/mol. The van der Waals surface area contributed by atoms with Crippen LogP contribution in [0.1, 0.15) is 0 Å². The largest absolute Gasteiger partial charge is 2.00 e. The SMILES string of the molecule is O.O.O.O.O.O.O.O.O.O.O.O.O.O.O.O.O=S(=O)([O-])[O-].[Be+2]. The van der Waals surface area contributed by atoms with Crippen LogP contribution in [0.5, 0.6) is 0 Å². The average molecular weight is 393 g/mol. The van der Waals surface area contributed by atoms with Crippen LogP contribution in [0.3, 0.4) is 0 Å². The van der Waals surface area contributed by atoms with Gasteiger partial charge >= 0.3 is 10.1 Å². The van der Waals surface area contributed by atoms with Gasteiger partial charge in [0.25, 0.3) is 0 Å². The summed E-state index contributed by atoms with van der Waals surface area (Å²) in [5.74, 6) is 0. The van der Waals surface area contributed by atoms with Crippen LogP contribution in [0, 0.1) is 0 Å². The zero-order valence-electron chi connectivity index (χ0n) is 10.7. The Bertz CT molecular complexity index is 94.9. The minimum absolute atomic E-state index is 0. The third-order valence-electron chi connectivity index (χ3n) is 0. The Morgan fingerprint density at radius 1 is 0.364 bits per heavy atom. The van der Waals surface area contributed by atoms with Gasteiger partial charge in [-0.15, -0.1) is 0 Å². The summed E-state index contributed by atoms with van der Waals surface area (Å²) >= 11 is 0. The van der Waals surface area contributed by atoms with E-state index in [1.54, 1.807) is 0 Å². The molecule has 0 aliphatic rings. The molecule has 0 atom stereocenters. The second-order valence-electron chi connectivity index (χ2n) is 0.408. The molecule has 0 heterocycles. The van der Waals surface area contributed by atoms with Crippen LogP contribution >= 0.6 is 0 Å². The van der Waals surface area contributed by atoms with Crippen LogP contribution in [0.25, 0.3) is 0 Å². The zero-order valence-corrected chi connectivity index (χ0v) is 11.6. The zero-order chi connectivity index (χ0) is 4.50. The quantitative estimate of drug-likeness (QED) is 0.219. The van der Waals surface area contributed by atoms with Gasteiger partial charge in [0.2, 0.25) is 0 Å². The van der Waals surface area contributed by atoms with Gasteiger partial charge in [-0.05, 0) is 0 Å².